The van der Waals surface area contributed by atoms with Crippen molar-refractivity contribution < 1.29 is 9.63 Å². The van der Waals surface area contributed by atoms with Crippen LogP contribution in [0.4, 0.5) is 0 Å². The minimum Gasteiger partial charge on any atom is -0.392 e. The molecule has 1 heterocycles. The number of aliphatic hydroxyl groups excluding tert-OH is 1. The van der Waals surface area contributed by atoms with Crippen molar-refractivity contribution >= 4 is 0 Å². The molecule has 0 aliphatic rings. The summed E-state index contributed by atoms with van der Waals surface area (Å²) in [7, 11) is 0. The fourth-order valence-electron chi connectivity index (χ4n) is 2.97. The number of benzene rings is 2. The monoisotopic (exact) mass is 336 g/mol. The van der Waals surface area contributed by atoms with E-state index >= 15 is 0 Å². The highest BCUT2D eigenvalue weighted by molar-refractivity contribution is 5.57. The van der Waals surface area contributed by atoms with Gasteiger partial charge in [0.05, 0.1) is 6.61 Å². The zero-order valence-corrected chi connectivity index (χ0v) is 14.6. The topological polar surface area (TPSA) is 59.2 Å². The Morgan fingerprint density at radius 2 is 1.76 bits per heavy atom. The lowest BCUT2D eigenvalue weighted by Crippen LogP contribution is -1.94. The average molecular weight is 336 g/mol. The van der Waals surface area contributed by atoms with Gasteiger partial charge in [-0.3, -0.25) is 0 Å². The van der Waals surface area contributed by atoms with Crippen LogP contribution in [0.2, 0.25) is 0 Å². The zero-order chi connectivity index (χ0) is 17.5. The smallest absolute Gasteiger partial charge is 0.226 e. The van der Waals surface area contributed by atoms with Crippen LogP contribution in [0.3, 0.4) is 0 Å². The predicted molar refractivity (Wildman–Crippen MR) is 98.1 cm³/mol. The van der Waals surface area contributed by atoms with Gasteiger partial charge < -0.3 is 9.63 Å². The Morgan fingerprint density at radius 1 is 0.960 bits per heavy atom. The lowest BCUT2D eigenvalue weighted by molar-refractivity contribution is 0.280. The summed E-state index contributed by atoms with van der Waals surface area (Å²) in [6.45, 7) is 2.13. The first kappa shape index (κ1) is 17.4. The second kappa shape index (κ2) is 8.58. The van der Waals surface area contributed by atoms with Crippen LogP contribution in [-0.2, 0) is 25.9 Å². The van der Waals surface area contributed by atoms with Crippen LogP contribution in [0.15, 0.2) is 53.1 Å². The third-order valence-electron chi connectivity index (χ3n) is 4.43. The lowest BCUT2D eigenvalue weighted by Gasteiger charge is -2.05. The number of unbranched alkanes of at least 4 members (excludes halogenated alkanes) is 1. The molecule has 3 aromatic rings. The molecule has 3 rings (SSSR count). The molecular weight excluding hydrogens is 312 g/mol. The van der Waals surface area contributed by atoms with E-state index in [2.05, 4.69) is 41.3 Å². The summed E-state index contributed by atoms with van der Waals surface area (Å²) in [6, 6.07) is 16.4. The average Bonchev–Trinajstić information content (AvgIpc) is 3.14. The maximum absolute atomic E-state index is 9.37. The Labute approximate surface area is 148 Å². The Bertz CT molecular complexity index is 797. The van der Waals surface area contributed by atoms with Gasteiger partial charge in [-0.1, -0.05) is 54.5 Å². The summed E-state index contributed by atoms with van der Waals surface area (Å²) in [5, 5.41) is 13.5. The first-order chi connectivity index (χ1) is 12.3. The fourth-order valence-corrected chi connectivity index (χ4v) is 2.97. The van der Waals surface area contributed by atoms with E-state index in [4.69, 9.17) is 4.52 Å². The summed E-state index contributed by atoms with van der Waals surface area (Å²) < 4.78 is 5.39. The van der Waals surface area contributed by atoms with Crippen LogP contribution in [0, 0.1) is 0 Å². The highest BCUT2D eigenvalue weighted by Gasteiger charge is 2.10. The second-order valence-electron chi connectivity index (χ2n) is 6.20. The quantitative estimate of drug-likeness (QED) is 0.621. The van der Waals surface area contributed by atoms with Gasteiger partial charge in [0.2, 0.25) is 11.7 Å². The first-order valence-electron chi connectivity index (χ1n) is 8.89. The van der Waals surface area contributed by atoms with Crippen molar-refractivity contribution in [3.05, 3.63) is 71.1 Å². The van der Waals surface area contributed by atoms with Gasteiger partial charge in [-0.2, -0.15) is 4.98 Å². The maximum Gasteiger partial charge on any atom is 0.226 e. The minimum absolute atomic E-state index is 0.0579. The van der Waals surface area contributed by atoms with Crippen molar-refractivity contribution in [1.29, 1.82) is 0 Å². The zero-order valence-electron chi connectivity index (χ0n) is 14.6. The van der Waals surface area contributed by atoms with Crippen molar-refractivity contribution in [2.75, 3.05) is 0 Å². The number of aliphatic hydroxyl groups is 1. The number of rotatable bonds is 8. The second-order valence-corrected chi connectivity index (χ2v) is 6.20. The Balaban J connectivity index is 1.57. The van der Waals surface area contributed by atoms with Gasteiger partial charge in [0, 0.05) is 12.0 Å². The third kappa shape index (κ3) is 4.54. The van der Waals surface area contributed by atoms with E-state index in [0.29, 0.717) is 11.7 Å². The van der Waals surface area contributed by atoms with Crippen LogP contribution < -0.4 is 0 Å². The summed E-state index contributed by atoms with van der Waals surface area (Å²) in [5.74, 6) is 1.31. The molecule has 130 valence electrons. The summed E-state index contributed by atoms with van der Waals surface area (Å²) in [6.07, 6.45) is 4.88. The van der Waals surface area contributed by atoms with Crippen LogP contribution >= 0.6 is 0 Å². The van der Waals surface area contributed by atoms with Gasteiger partial charge in [-0.05, 0) is 48.4 Å². The van der Waals surface area contributed by atoms with Gasteiger partial charge in [0.25, 0.3) is 0 Å². The van der Waals surface area contributed by atoms with E-state index in [1.807, 2.05) is 24.3 Å². The molecule has 0 atom stereocenters. The molecule has 4 heteroatoms. The third-order valence-corrected chi connectivity index (χ3v) is 4.43. The molecule has 25 heavy (non-hydrogen) atoms. The Morgan fingerprint density at radius 3 is 2.52 bits per heavy atom. The van der Waals surface area contributed by atoms with Gasteiger partial charge >= 0.3 is 0 Å². The van der Waals surface area contributed by atoms with Gasteiger partial charge in [0.15, 0.2) is 0 Å². The largest absolute Gasteiger partial charge is 0.392 e. The summed E-state index contributed by atoms with van der Waals surface area (Å²) in [5.41, 5.74) is 4.38. The molecule has 0 fully saturated rings. The number of aryl methyl sites for hydroxylation is 3. The molecule has 0 amide bonds. The van der Waals surface area contributed by atoms with Crippen LogP contribution in [-0.4, -0.2) is 15.2 Å². The standard InChI is InChI=1S/C21H24N2O2/c1-2-17-14-18(12-13-19(17)15-24)21-22-20(25-23-21)11-7-6-10-16-8-4-3-5-9-16/h3-5,8-9,12-14,24H,2,6-7,10-11,15H2,1H3. The fraction of sp³-hybridized carbons (Fsp3) is 0.333. The lowest BCUT2D eigenvalue weighted by atomic mass is 10.0. The molecule has 0 saturated carbocycles. The summed E-state index contributed by atoms with van der Waals surface area (Å²) in [4.78, 5) is 4.52. The molecule has 1 aromatic heterocycles. The number of nitrogens with zero attached hydrogens (tertiary/aromatic N) is 2. The van der Waals surface area contributed by atoms with Crippen molar-refractivity contribution in [2.45, 2.75) is 45.6 Å². The van der Waals surface area contributed by atoms with E-state index in [1.165, 1.54) is 5.56 Å². The Kier molecular flexibility index (Phi) is 5.96. The minimum atomic E-state index is 0.0579. The van der Waals surface area contributed by atoms with E-state index < -0.39 is 0 Å². The number of aromatic nitrogens is 2. The molecule has 0 radical (unpaired) electrons. The molecule has 2 aromatic carbocycles. The van der Waals surface area contributed by atoms with E-state index in [1.54, 1.807) is 0 Å². The van der Waals surface area contributed by atoms with Crippen LogP contribution in [0.5, 0.6) is 0 Å². The van der Waals surface area contributed by atoms with Crippen LogP contribution in [0.1, 0.15) is 42.3 Å². The molecule has 0 bridgehead atoms. The van der Waals surface area contributed by atoms with E-state index in [-0.39, 0.29) is 6.61 Å². The highest BCUT2D eigenvalue weighted by Crippen LogP contribution is 2.21. The molecule has 0 spiro atoms. The first-order valence-corrected chi connectivity index (χ1v) is 8.89. The molecule has 0 aliphatic heterocycles. The highest BCUT2D eigenvalue weighted by atomic mass is 16.5. The molecular formula is C21H24N2O2. The molecule has 0 aliphatic carbocycles. The van der Waals surface area contributed by atoms with Crippen LogP contribution in [0.25, 0.3) is 11.4 Å². The van der Waals surface area contributed by atoms with Crippen molar-refractivity contribution in [3.8, 4) is 11.4 Å². The van der Waals surface area contributed by atoms with Crippen molar-refractivity contribution in [1.82, 2.24) is 10.1 Å². The van der Waals surface area contributed by atoms with E-state index in [0.717, 1.165) is 48.8 Å². The molecule has 1 N–H and O–H groups in total. The number of hydrogen-bond donors (Lipinski definition) is 1. The SMILES string of the molecule is CCc1cc(-c2noc(CCCCc3ccccc3)n2)ccc1CO. The van der Waals surface area contributed by atoms with Gasteiger partial charge in [-0.25, -0.2) is 0 Å². The van der Waals surface area contributed by atoms with E-state index in [9.17, 15) is 5.11 Å². The van der Waals surface area contributed by atoms with Crippen molar-refractivity contribution in [3.63, 3.8) is 0 Å². The summed E-state index contributed by atoms with van der Waals surface area (Å²) >= 11 is 0. The molecule has 0 unspecified atom stereocenters. The molecule has 0 saturated heterocycles. The Hall–Kier alpha value is -2.46. The van der Waals surface area contributed by atoms with Gasteiger partial charge in [-0.15, -0.1) is 0 Å². The normalized spacial score (nSPS) is 11.0. The predicted octanol–water partition coefficient (Wildman–Crippen LogP) is 4.36. The maximum atomic E-state index is 9.37. The van der Waals surface area contributed by atoms with Gasteiger partial charge in [0.1, 0.15) is 0 Å². The number of hydrogen-bond acceptors (Lipinski definition) is 4. The van der Waals surface area contributed by atoms with Crippen molar-refractivity contribution in [2.24, 2.45) is 0 Å². The molecule has 4 nitrogen and oxygen atoms in total.